The van der Waals surface area contributed by atoms with Crippen LogP contribution in [-0.4, -0.2) is 83.1 Å². The number of benzene rings is 2. The van der Waals surface area contributed by atoms with E-state index >= 15 is 0 Å². The average Bonchev–Trinajstić information content (AvgIpc) is 2.75. The number of hydrogen-bond acceptors (Lipinski definition) is 11. The lowest BCUT2D eigenvalue weighted by molar-refractivity contribution is -0.232. The number of aliphatic hydroxyl groups is 5. The Morgan fingerprint density at radius 2 is 1.50 bits per heavy atom. The van der Waals surface area contributed by atoms with E-state index in [0.29, 0.717) is 0 Å². The molecule has 7 atom stereocenters. The van der Waals surface area contributed by atoms with Gasteiger partial charge in [-0.1, -0.05) is 6.07 Å². The summed E-state index contributed by atoms with van der Waals surface area (Å²) in [4.78, 5) is 0. The molecule has 32 heavy (non-hydrogen) atoms. The highest BCUT2D eigenvalue weighted by Crippen LogP contribution is 2.50. The summed E-state index contributed by atoms with van der Waals surface area (Å²) in [5.74, 6) is -1.89. The number of phenols is 4. The lowest BCUT2D eigenvalue weighted by atomic mass is 9.86. The van der Waals surface area contributed by atoms with Crippen LogP contribution in [0.1, 0.15) is 28.9 Å². The highest BCUT2D eigenvalue weighted by Gasteiger charge is 2.47. The maximum atomic E-state index is 10.6. The van der Waals surface area contributed by atoms with E-state index in [1.165, 1.54) is 18.2 Å². The molecule has 0 aromatic heterocycles. The number of ether oxygens (including phenoxy) is 2. The summed E-state index contributed by atoms with van der Waals surface area (Å²) in [6.07, 6.45) is -10.2. The van der Waals surface area contributed by atoms with Crippen molar-refractivity contribution in [3.8, 4) is 28.7 Å². The van der Waals surface area contributed by atoms with E-state index in [-0.39, 0.29) is 34.6 Å². The third kappa shape index (κ3) is 3.58. The van der Waals surface area contributed by atoms with Crippen LogP contribution in [0.2, 0.25) is 0 Å². The molecule has 0 amide bonds. The van der Waals surface area contributed by atoms with E-state index in [1.54, 1.807) is 0 Å². The zero-order valence-electron chi connectivity index (χ0n) is 16.6. The zero-order chi connectivity index (χ0) is 23.3. The first-order chi connectivity index (χ1) is 15.1. The molecule has 1 saturated heterocycles. The fourth-order valence-electron chi connectivity index (χ4n) is 4.17. The summed E-state index contributed by atoms with van der Waals surface area (Å²) in [6, 6.07) is 4.77. The van der Waals surface area contributed by atoms with Crippen LogP contribution >= 0.6 is 0 Å². The summed E-state index contributed by atoms with van der Waals surface area (Å²) in [6.45, 7) is -0.683. The van der Waals surface area contributed by atoms with Crippen molar-refractivity contribution in [2.75, 3.05) is 6.61 Å². The predicted molar refractivity (Wildman–Crippen MR) is 105 cm³/mol. The van der Waals surface area contributed by atoms with Crippen molar-refractivity contribution < 1.29 is 55.4 Å². The molecular weight excluding hydrogens is 428 g/mol. The molecule has 2 aliphatic heterocycles. The smallest absolute Gasteiger partial charge is 0.157 e. The Hall–Kier alpha value is -2.80. The summed E-state index contributed by atoms with van der Waals surface area (Å²) in [5, 5.41) is 91.0. The molecule has 0 saturated carbocycles. The Morgan fingerprint density at radius 3 is 2.16 bits per heavy atom. The van der Waals surface area contributed by atoms with E-state index in [1.807, 2.05) is 0 Å². The number of phenolic OH excluding ortho intramolecular Hbond substituents is 4. The number of hydrogen-bond donors (Lipinski definition) is 9. The summed E-state index contributed by atoms with van der Waals surface area (Å²) in [7, 11) is 0. The van der Waals surface area contributed by atoms with E-state index in [0.717, 1.165) is 6.07 Å². The van der Waals surface area contributed by atoms with Crippen LogP contribution in [0.3, 0.4) is 0 Å². The van der Waals surface area contributed by atoms with Gasteiger partial charge >= 0.3 is 0 Å². The van der Waals surface area contributed by atoms with Gasteiger partial charge in [-0.3, -0.25) is 0 Å². The standard InChI is InChI=1S/C21H24O11/c22-6-14-16(28)17(29)18(30)21(31-14)15-12(26)5-10(24)8-4-13(27)19(32-20(8)15)7-1-2-9(23)11(25)3-7/h1-3,5,13-14,16-19,21-30H,4,6H2/t13-,14+,16+,17-,18+,19+,21-/m0/s1. The monoisotopic (exact) mass is 452 g/mol. The van der Waals surface area contributed by atoms with Gasteiger partial charge in [0.2, 0.25) is 0 Å². The minimum Gasteiger partial charge on any atom is -0.507 e. The van der Waals surface area contributed by atoms with Crippen molar-refractivity contribution in [3.63, 3.8) is 0 Å². The fourth-order valence-corrected chi connectivity index (χ4v) is 4.17. The Bertz CT molecular complexity index is 1010. The molecule has 2 aromatic carbocycles. The molecule has 0 spiro atoms. The number of aromatic hydroxyl groups is 4. The number of fused-ring (bicyclic) bond motifs is 1. The average molecular weight is 452 g/mol. The summed E-state index contributed by atoms with van der Waals surface area (Å²) < 4.78 is 11.4. The molecule has 9 N–H and O–H groups in total. The molecule has 2 aliphatic rings. The maximum Gasteiger partial charge on any atom is 0.157 e. The zero-order valence-corrected chi connectivity index (χ0v) is 16.6. The number of rotatable bonds is 3. The predicted octanol–water partition coefficient (Wildman–Crippen LogP) is -0.939. The molecule has 174 valence electrons. The Labute approximate surface area is 181 Å². The van der Waals surface area contributed by atoms with Crippen LogP contribution < -0.4 is 4.74 Å². The molecular formula is C21H24O11. The molecule has 4 rings (SSSR count). The van der Waals surface area contributed by atoms with Gasteiger partial charge in [0, 0.05) is 18.1 Å². The normalized spacial score (nSPS) is 32.2. The van der Waals surface area contributed by atoms with Crippen molar-refractivity contribution >= 4 is 0 Å². The molecule has 0 bridgehead atoms. The van der Waals surface area contributed by atoms with E-state index in [2.05, 4.69) is 0 Å². The minimum absolute atomic E-state index is 0.0986. The van der Waals surface area contributed by atoms with Gasteiger partial charge in [0.25, 0.3) is 0 Å². The van der Waals surface area contributed by atoms with Gasteiger partial charge in [0.05, 0.1) is 18.3 Å². The van der Waals surface area contributed by atoms with Gasteiger partial charge in [-0.2, -0.15) is 0 Å². The van der Waals surface area contributed by atoms with Gasteiger partial charge in [-0.25, -0.2) is 0 Å². The molecule has 11 nitrogen and oxygen atoms in total. The molecule has 2 heterocycles. The van der Waals surface area contributed by atoms with Gasteiger partial charge in [-0.15, -0.1) is 0 Å². The second-order valence-electron chi connectivity index (χ2n) is 7.94. The molecule has 0 unspecified atom stereocenters. The van der Waals surface area contributed by atoms with Crippen LogP contribution in [0, 0.1) is 0 Å². The Morgan fingerprint density at radius 1 is 0.781 bits per heavy atom. The fraction of sp³-hybridized carbons (Fsp3) is 0.429. The highest BCUT2D eigenvalue weighted by atomic mass is 16.5. The van der Waals surface area contributed by atoms with Crippen LogP contribution in [0.15, 0.2) is 24.3 Å². The summed E-state index contributed by atoms with van der Waals surface area (Å²) in [5.41, 5.74) is 0.220. The minimum atomic E-state index is -1.72. The largest absolute Gasteiger partial charge is 0.507 e. The van der Waals surface area contributed by atoms with Crippen LogP contribution in [0.25, 0.3) is 0 Å². The SMILES string of the molecule is OC[C@H]1O[C@@H](c2c(O)cc(O)c3c2O[C@H](c2ccc(O)c(O)c2)[C@@H](O)C3)[C@H](O)[C@@H](O)[C@@H]1O. The van der Waals surface area contributed by atoms with E-state index in [9.17, 15) is 46.0 Å². The Balaban J connectivity index is 1.80. The van der Waals surface area contributed by atoms with Gasteiger partial charge in [-0.05, 0) is 17.7 Å². The van der Waals surface area contributed by atoms with Crippen LogP contribution in [0.4, 0.5) is 0 Å². The van der Waals surface area contributed by atoms with Crippen molar-refractivity contribution in [1.82, 2.24) is 0 Å². The molecule has 0 aliphatic carbocycles. The number of aliphatic hydroxyl groups excluding tert-OH is 5. The highest BCUT2D eigenvalue weighted by molar-refractivity contribution is 5.59. The van der Waals surface area contributed by atoms with Crippen molar-refractivity contribution in [2.24, 2.45) is 0 Å². The van der Waals surface area contributed by atoms with Crippen molar-refractivity contribution in [2.45, 2.75) is 49.1 Å². The first-order valence-electron chi connectivity index (χ1n) is 9.88. The van der Waals surface area contributed by atoms with Crippen molar-refractivity contribution in [1.29, 1.82) is 0 Å². The first-order valence-corrected chi connectivity index (χ1v) is 9.88. The van der Waals surface area contributed by atoms with Crippen molar-refractivity contribution in [3.05, 3.63) is 41.0 Å². The summed E-state index contributed by atoms with van der Waals surface area (Å²) >= 11 is 0. The first kappa shape index (κ1) is 22.4. The molecule has 1 fully saturated rings. The van der Waals surface area contributed by atoms with Gasteiger partial charge in [0.15, 0.2) is 11.5 Å². The molecule has 11 heteroatoms. The Kier molecular flexibility index (Phi) is 5.79. The lowest BCUT2D eigenvalue weighted by Gasteiger charge is -2.42. The quantitative estimate of drug-likeness (QED) is 0.260. The topological polar surface area (TPSA) is 201 Å². The van der Waals surface area contributed by atoms with Crippen LogP contribution in [-0.2, 0) is 11.2 Å². The van der Waals surface area contributed by atoms with Gasteiger partial charge < -0.3 is 55.4 Å². The van der Waals surface area contributed by atoms with Gasteiger partial charge in [0.1, 0.15) is 53.9 Å². The molecule has 0 radical (unpaired) electrons. The third-order valence-electron chi connectivity index (χ3n) is 5.89. The van der Waals surface area contributed by atoms with E-state index < -0.39 is 66.6 Å². The van der Waals surface area contributed by atoms with Crippen LogP contribution in [0.5, 0.6) is 28.7 Å². The molecule has 2 aromatic rings. The maximum absolute atomic E-state index is 10.6. The second kappa shape index (κ2) is 8.28. The lowest BCUT2D eigenvalue weighted by Crippen LogP contribution is -2.55. The third-order valence-corrected chi connectivity index (χ3v) is 5.89. The van der Waals surface area contributed by atoms with E-state index in [4.69, 9.17) is 9.47 Å². The second-order valence-corrected chi connectivity index (χ2v) is 7.94.